The van der Waals surface area contributed by atoms with Crippen LogP contribution in [0.15, 0.2) is 51.9 Å². The Hall–Kier alpha value is -1.68. The van der Waals surface area contributed by atoms with Crippen LogP contribution in [-0.4, -0.2) is 11.3 Å². The maximum atomic E-state index is 12.8. The van der Waals surface area contributed by atoms with Gasteiger partial charge >= 0.3 is 0 Å². The molecule has 0 heterocycles. The molecule has 2 aromatic carbocycles. The molecule has 0 radical (unpaired) electrons. The number of hydrogen-bond donors (Lipinski definition) is 1. The van der Waals surface area contributed by atoms with Crippen LogP contribution >= 0.6 is 15.9 Å². The topological polar surface area (TPSA) is 32.6 Å². The molecule has 2 aromatic rings. The Morgan fingerprint density at radius 2 is 1.82 bits per heavy atom. The molecule has 4 heteroatoms. The second-order valence-electron chi connectivity index (χ2n) is 3.45. The maximum Gasteiger partial charge on any atom is 0.124 e. The zero-order valence-corrected chi connectivity index (χ0v) is 10.4. The normalized spacial score (nSPS) is 10.9. The van der Waals surface area contributed by atoms with Crippen molar-refractivity contribution in [2.24, 2.45) is 4.99 Å². The molecule has 0 saturated heterocycles. The Labute approximate surface area is 107 Å². The van der Waals surface area contributed by atoms with Gasteiger partial charge in [0, 0.05) is 10.7 Å². The van der Waals surface area contributed by atoms with Crippen molar-refractivity contribution in [3.8, 4) is 5.75 Å². The standard InChI is InChI=1S/C13H9BrFNO/c14-12-7-10(15)3-6-13(12)16-8-9-1-4-11(17)5-2-9/h1-8,17H. The molecule has 0 amide bonds. The zero-order valence-electron chi connectivity index (χ0n) is 8.77. The van der Waals surface area contributed by atoms with Gasteiger partial charge in [-0.1, -0.05) is 0 Å². The highest BCUT2D eigenvalue weighted by atomic mass is 79.9. The fourth-order valence-corrected chi connectivity index (χ4v) is 1.74. The van der Waals surface area contributed by atoms with E-state index < -0.39 is 0 Å². The Balaban J connectivity index is 2.23. The molecule has 17 heavy (non-hydrogen) atoms. The van der Waals surface area contributed by atoms with Gasteiger partial charge in [0.15, 0.2) is 0 Å². The Morgan fingerprint density at radius 1 is 1.12 bits per heavy atom. The number of aromatic hydroxyl groups is 1. The van der Waals surface area contributed by atoms with Gasteiger partial charge in [0.2, 0.25) is 0 Å². The highest BCUT2D eigenvalue weighted by molar-refractivity contribution is 9.10. The van der Waals surface area contributed by atoms with E-state index in [2.05, 4.69) is 20.9 Å². The second kappa shape index (κ2) is 5.10. The first-order valence-corrected chi connectivity index (χ1v) is 5.72. The van der Waals surface area contributed by atoms with Crippen LogP contribution in [0.25, 0.3) is 0 Å². The lowest BCUT2D eigenvalue weighted by Gasteiger charge is -1.98. The van der Waals surface area contributed by atoms with Crippen LogP contribution in [0.5, 0.6) is 5.75 Å². The molecule has 0 saturated carbocycles. The van der Waals surface area contributed by atoms with Crippen molar-refractivity contribution in [3.05, 3.63) is 58.3 Å². The van der Waals surface area contributed by atoms with Crippen LogP contribution in [0.2, 0.25) is 0 Å². The van der Waals surface area contributed by atoms with Gasteiger partial charge in [0.25, 0.3) is 0 Å². The van der Waals surface area contributed by atoms with Crippen molar-refractivity contribution in [2.45, 2.75) is 0 Å². The van der Waals surface area contributed by atoms with Crippen LogP contribution in [0, 0.1) is 5.82 Å². The van der Waals surface area contributed by atoms with Gasteiger partial charge in [-0.15, -0.1) is 0 Å². The van der Waals surface area contributed by atoms with E-state index in [1.165, 1.54) is 12.1 Å². The lowest BCUT2D eigenvalue weighted by molar-refractivity contribution is 0.475. The van der Waals surface area contributed by atoms with E-state index in [1.807, 2.05) is 0 Å². The first-order valence-electron chi connectivity index (χ1n) is 4.93. The third-order valence-electron chi connectivity index (χ3n) is 2.16. The molecule has 0 fully saturated rings. The first-order chi connectivity index (χ1) is 8.15. The number of hydrogen-bond acceptors (Lipinski definition) is 2. The van der Waals surface area contributed by atoms with Gasteiger partial charge in [-0.3, -0.25) is 4.99 Å². The fraction of sp³-hybridized carbons (Fsp3) is 0. The molecule has 2 rings (SSSR count). The van der Waals surface area contributed by atoms with Crippen LogP contribution in [0.3, 0.4) is 0 Å². The van der Waals surface area contributed by atoms with Crippen LogP contribution in [-0.2, 0) is 0 Å². The summed E-state index contributed by atoms with van der Waals surface area (Å²) in [6.07, 6.45) is 1.65. The molecule has 0 bridgehead atoms. The van der Waals surface area contributed by atoms with Crippen molar-refractivity contribution in [1.82, 2.24) is 0 Å². The van der Waals surface area contributed by atoms with Gasteiger partial charge in [-0.25, -0.2) is 4.39 Å². The van der Waals surface area contributed by atoms with E-state index in [-0.39, 0.29) is 11.6 Å². The SMILES string of the molecule is Oc1ccc(C=Nc2ccc(F)cc2Br)cc1. The summed E-state index contributed by atoms with van der Waals surface area (Å²) in [4.78, 5) is 4.23. The van der Waals surface area contributed by atoms with Gasteiger partial charge < -0.3 is 5.11 Å². The van der Waals surface area contributed by atoms with E-state index in [1.54, 1.807) is 36.5 Å². The van der Waals surface area contributed by atoms with Gasteiger partial charge in [-0.05, 0) is 64.0 Å². The Kier molecular flexibility index (Phi) is 3.54. The number of phenolic OH excluding ortho intramolecular Hbond substituents is 1. The molecule has 0 unspecified atom stereocenters. The number of halogens is 2. The number of phenols is 1. The van der Waals surface area contributed by atoms with Crippen molar-refractivity contribution >= 4 is 27.8 Å². The molecule has 86 valence electrons. The quantitative estimate of drug-likeness (QED) is 0.833. The molecule has 0 spiro atoms. The molecule has 0 aromatic heterocycles. The number of aliphatic imine (C=N–C) groups is 1. The summed E-state index contributed by atoms with van der Waals surface area (Å²) in [6, 6.07) is 11.0. The highest BCUT2D eigenvalue weighted by Gasteiger charge is 1.98. The summed E-state index contributed by atoms with van der Waals surface area (Å²) >= 11 is 3.24. The Bertz CT molecular complexity index is 552. The minimum atomic E-state index is -0.305. The average Bonchev–Trinajstić information content (AvgIpc) is 2.30. The Morgan fingerprint density at radius 3 is 2.47 bits per heavy atom. The molecule has 0 atom stereocenters. The van der Waals surface area contributed by atoms with E-state index in [4.69, 9.17) is 5.11 Å². The third-order valence-corrected chi connectivity index (χ3v) is 2.79. The largest absolute Gasteiger partial charge is 0.508 e. The van der Waals surface area contributed by atoms with Crippen molar-refractivity contribution < 1.29 is 9.50 Å². The lowest BCUT2D eigenvalue weighted by atomic mass is 10.2. The fourth-order valence-electron chi connectivity index (χ4n) is 1.29. The lowest BCUT2D eigenvalue weighted by Crippen LogP contribution is -1.80. The molecule has 0 aliphatic heterocycles. The van der Waals surface area contributed by atoms with Crippen molar-refractivity contribution in [3.63, 3.8) is 0 Å². The maximum absolute atomic E-state index is 12.8. The van der Waals surface area contributed by atoms with E-state index in [0.717, 1.165) is 5.56 Å². The molecule has 1 N–H and O–H groups in total. The summed E-state index contributed by atoms with van der Waals surface area (Å²) in [5.41, 5.74) is 1.51. The predicted molar refractivity (Wildman–Crippen MR) is 69.5 cm³/mol. The smallest absolute Gasteiger partial charge is 0.124 e. The monoisotopic (exact) mass is 293 g/mol. The molecular weight excluding hydrogens is 285 g/mol. The zero-order chi connectivity index (χ0) is 12.3. The number of rotatable bonds is 2. The summed E-state index contributed by atoms with van der Waals surface area (Å²) in [6.45, 7) is 0. The minimum absolute atomic E-state index is 0.213. The summed E-state index contributed by atoms with van der Waals surface area (Å²) in [5.74, 6) is -0.0921. The van der Waals surface area contributed by atoms with Crippen LogP contribution in [0.1, 0.15) is 5.56 Å². The average molecular weight is 294 g/mol. The molecule has 0 aliphatic carbocycles. The van der Waals surface area contributed by atoms with E-state index in [9.17, 15) is 4.39 Å². The van der Waals surface area contributed by atoms with Crippen LogP contribution in [0.4, 0.5) is 10.1 Å². The van der Waals surface area contributed by atoms with Gasteiger partial charge in [-0.2, -0.15) is 0 Å². The summed E-state index contributed by atoms with van der Waals surface area (Å²) in [7, 11) is 0. The third kappa shape index (κ3) is 3.14. The van der Waals surface area contributed by atoms with Crippen molar-refractivity contribution in [1.29, 1.82) is 0 Å². The van der Waals surface area contributed by atoms with Crippen LogP contribution < -0.4 is 0 Å². The van der Waals surface area contributed by atoms with E-state index >= 15 is 0 Å². The van der Waals surface area contributed by atoms with Gasteiger partial charge in [0.05, 0.1) is 5.69 Å². The minimum Gasteiger partial charge on any atom is -0.508 e. The molecule has 0 aliphatic rings. The number of benzene rings is 2. The molecule has 2 nitrogen and oxygen atoms in total. The molecular formula is C13H9BrFNO. The van der Waals surface area contributed by atoms with Crippen molar-refractivity contribution in [2.75, 3.05) is 0 Å². The van der Waals surface area contributed by atoms with E-state index in [0.29, 0.717) is 10.2 Å². The summed E-state index contributed by atoms with van der Waals surface area (Å²) in [5, 5.41) is 9.12. The first kappa shape index (κ1) is 11.8. The number of nitrogens with zero attached hydrogens (tertiary/aromatic N) is 1. The second-order valence-corrected chi connectivity index (χ2v) is 4.30. The summed E-state index contributed by atoms with van der Waals surface area (Å²) < 4.78 is 13.4. The predicted octanol–water partition coefficient (Wildman–Crippen LogP) is 4.04. The van der Waals surface area contributed by atoms with Gasteiger partial charge in [0.1, 0.15) is 11.6 Å². The highest BCUT2D eigenvalue weighted by Crippen LogP contribution is 2.25.